The first-order valence-corrected chi connectivity index (χ1v) is 11.3. The highest BCUT2D eigenvalue weighted by molar-refractivity contribution is 7.89. The van der Waals surface area contributed by atoms with Gasteiger partial charge in [-0.05, 0) is 32.9 Å². The number of halogens is 2. The summed E-state index contributed by atoms with van der Waals surface area (Å²) in [6.07, 6.45) is 0.667. The molecule has 2 rings (SSSR count). The van der Waals surface area contributed by atoms with E-state index in [1.165, 1.54) is 10.4 Å². The maximum atomic E-state index is 12.8. The summed E-state index contributed by atoms with van der Waals surface area (Å²) in [5.74, 6) is 0.0777. The fraction of sp³-hybridized carbons (Fsp3) is 0.667. The number of sulfonamides is 1. The number of likely N-dealkylation sites (N-methyl/N-ethyl adjacent to an activating group) is 1. The highest BCUT2D eigenvalue weighted by atomic mass is 35.5. The van der Waals surface area contributed by atoms with Gasteiger partial charge in [-0.2, -0.15) is 4.31 Å². The van der Waals surface area contributed by atoms with Crippen molar-refractivity contribution in [3.05, 3.63) is 14.7 Å². The van der Waals surface area contributed by atoms with E-state index in [-0.39, 0.29) is 15.1 Å². The molecule has 0 atom stereocenters. The Hall–Kier alpha value is -0.380. The minimum absolute atomic E-state index is 0.0665. The topological polar surface area (TPSA) is 60.9 Å². The average Bonchev–Trinajstić information content (AvgIpc) is 2.75. The van der Waals surface area contributed by atoms with Crippen molar-refractivity contribution < 1.29 is 13.2 Å². The molecule has 142 valence electrons. The molecular formula is C15H23Cl2N3O3S2. The van der Waals surface area contributed by atoms with Gasteiger partial charge in [-0.1, -0.05) is 23.2 Å². The lowest BCUT2D eigenvalue weighted by molar-refractivity contribution is -0.132. The Bertz CT molecular complexity index is 705. The van der Waals surface area contributed by atoms with Gasteiger partial charge >= 0.3 is 0 Å². The number of carbonyl (C=O) groups is 1. The van der Waals surface area contributed by atoms with Gasteiger partial charge in [-0.15, -0.1) is 11.3 Å². The van der Waals surface area contributed by atoms with E-state index in [2.05, 4.69) is 0 Å². The van der Waals surface area contributed by atoms with E-state index in [0.717, 1.165) is 11.3 Å². The highest BCUT2D eigenvalue weighted by Gasteiger charge is 2.30. The minimum atomic E-state index is -3.67. The summed E-state index contributed by atoms with van der Waals surface area (Å²) in [5, 5.41) is 0. The summed E-state index contributed by atoms with van der Waals surface area (Å²) in [6, 6.07) is 1.40. The summed E-state index contributed by atoms with van der Waals surface area (Å²) in [5.41, 5.74) is 0. The lowest BCUT2D eigenvalue weighted by Gasteiger charge is -2.25. The highest BCUT2D eigenvalue weighted by Crippen LogP contribution is 2.36. The Labute approximate surface area is 163 Å². The zero-order valence-corrected chi connectivity index (χ0v) is 17.5. The van der Waals surface area contributed by atoms with E-state index in [0.29, 0.717) is 56.6 Å². The predicted molar refractivity (Wildman–Crippen MR) is 102 cm³/mol. The van der Waals surface area contributed by atoms with Gasteiger partial charge in [0.15, 0.2) is 0 Å². The van der Waals surface area contributed by atoms with Crippen LogP contribution < -0.4 is 0 Å². The molecule has 1 fully saturated rings. The number of nitrogens with zero attached hydrogens (tertiary/aromatic N) is 3. The van der Waals surface area contributed by atoms with Crippen LogP contribution in [-0.4, -0.2) is 74.2 Å². The Morgan fingerprint density at radius 2 is 1.88 bits per heavy atom. The first-order valence-electron chi connectivity index (χ1n) is 8.24. The van der Waals surface area contributed by atoms with Crippen molar-refractivity contribution in [2.24, 2.45) is 0 Å². The quantitative estimate of drug-likeness (QED) is 0.699. The largest absolute Gasteiger partial charge is 0.342 e. The fourth-order valence-corrected chi connectivity index (χ4v) is 6.44. The van der Waals surface area contributed by atoms with Crippen LogP contribution in [0.2, 0.25) is 8.67 Å². The van der Waals surface area contributed by atoms with Crippen LogP contribution >= 0.6 is 34.5 Å². The van der Waals surface area contributed by atoms with Gasteiger partial charge in [-0.25, -0.2) is 8.42 Å². The Balaban J connectivity index is 2.04. The lowest BCUT2D eigenvalue weighted by atomic mass is 10.3. The van der Waals surface area contributed by atoms with Gasteiger partial charge in [0.1, 0.15) is 9.23 Å². The average molecular weight is 428 g/mol. The van der Waals surface area contributed by atoms with Gasteiger partial charge in [0.05, 0.1) is 10.9 Å². The summed E-state index contributed by atoms with van der Waals surface area (Å²) in [6.45, 7) is 7.53. The van der Waals surface area contributed by atoms with Crippen LogP contribution in [-0.2, 0) is 14.8 Å². The molecule has 0 saturated carbocycles. The summed E-state index contributed by atoms with van der Waals surface area (Å²) >= 11 is 12.9. The number of thiophene rings is 1. The smallest absolute Gasteiger partial charge is 0.245 e. The normalized spacial score (nSPS) is 17.4. The number of carbonyl (C=O) groups excluding carboxylic acids is 1. The molecule has 0 N–H and O–H groups in total. The van der Waals surface area contributed by atoms with Crippen molar-refractivity contribution in [3.8, 4) is 0 Å². The fourth-order valence-electron chi connectivity index (χ4n) is 2.85. The van der Waals surface area contributed by atoms with Gasteiger partial charge in [0.2, 0.25) is 15.9 Å². The molecule has 1 saturated heterocycles. The molecule has 6 nitrogen and oxygen atoms in total. The molecule has 10 heteroatoms. The van der Waals surface area contributed by atoms with E-state index < -0.39 is 10.0 Å². The standard InChI is InChI=1S/C15H23Cl2N3O3S2/c1-3-19(4-2)14(21)11-18-6-5-7-20(9-8-18)25(22,23)12-10-13(16)24-15(12)17/h10H,3-9,11H2,1-2H3. The molecule has 0 unspecified atom stereocenters. The van der Waals surface area contributed by atoms with Gasteiger partial charge in [0.25, 0.3) is 0 Å². The Kier molecular flexibility index (Phi) is 7.54. The van der Waals surface area contributed by atoms with Gasteiger partial charge < -0.3 is 4.90 Å². The third-order valence-electron chi connectivity index (χ3n) is 4.27. The third-order valence-corrected chi connectivity index (χ3v) is 7.92. The molecule has 0 bridgehead atoms. The molecule has 1 aromatic rings. The predicted octanol–water partition coefficient (Wildman–Crippen LogP) is 2.62. The maximum Gasteiger partial charge on any atom is 0.245 e. The summed E-state index contributed by atoms with van der Waals surface area (Å²) < 4.78 is 27.6. The molecule has 0 aromatic carbocycles. The van der Waals surface area contributed by atoms with Crippen molar-refractivity contribution in [3.63, 3.8) is 0 Å². The molecule has 0 aliphatic carbocycles. The molecule has 0 radical (unpaired) electrons. The van der Waals surface area contributed by atoms with Crippen molar-refractivity contribution >= 4 is 50.5 Å². The van der Waals surface area contributed by atoms with E-state index >= 15 is 0 Å². The van der Waals surface area contributed by atoms with E-state index in [1.54, 1.807) is 4.90 Å². The molecule has 1 amide bonds. The van der Waals surface area contributed by atoms with Crippen LogP contribution in [0.5, 0.6) is 0 Å². The molecule has 1 aliphatic rings. The van der Waals surface area contributed by atoms with Crippen molar-refractivity contribution in [2.75, 3.05) is 45.8 Å². The van der Waals surface area contributed by atoms with Crippen LogP contribution in [0.15, 0.2) is 11.0 Å². The molecule has 1 aliphatic heterocycles. The van der Waals surface area contributed by atoms with Crippen LogP contribution in [0.4, 0.5) is 0 Å². The lowest BCUT2D eigenvalue weighted by Crippen LogP contribution is -2.42. The minimum Gasteiger partial charge on any atom is -0.342 e. The number of hydrogen-bond donors (Lipinski definition) is 0. The van der Waals surface area contributed by atoms with Crippen molar-refractivity contribution in [1.29, 1.82) is 0 Å². The SMILES string of the molecule is CCN(CC)C(=O)CN1CCCN(S(=O)(=O)c2cc(Cl)sc2Cl)CC1. The zero-order chi connectivity index (χ0) is 18.6. The Morgan fingerprint density at radius 3 is 2.44 bits per heavy atom. The van der Waals surface area contributed by atoms with Crippen molar-refractivity contribution in [2.45, 2.75) is 25.2 Å². The second-order valence-corrected chi connectivity index (χ2v) is 9.98. The van der Waals surface area contributed by atoms with E-state index in [9.17, 15) is 13.2 Å². The Morgan fingerprint density at radius 1 is 1.20 bits per heavy atom. The first-order chi connectivity index (χ1) is 11.8. The van der Waals surface area contributed by atoms with Crippen LogP contribution in [0, 0.1) is 0 Å². The molecule has 25 heavy (non-hydrogen) atoms. The molecular weight excluding hydrogens is 405 g/mol. The van der Waals surface area contributed by atoms with E-state index in [4.69, 9.17) is 23.2 Å². The monoisotopic (exact) mass is 427 g/mol. The number of hydrogen-bond acceptors (Lipinski definition) is 5. The summed E-state index contributed by atoms with van der Waals surface area (Å²) in [7, 11) is -3.67. The second kappa shape index (κ2) is 9.01. The van der Waals surface area contributed by atoms with Gasteiger partial charge in [-0.3, -0.25) is 9.69 Å². The number of amides is 1. The van der Waals surface area contributed by atoms with Gasteiger partial charge in [0, 0.05) is 32.7 Å². The zero-order valence-electron chi connectivity index (χ0n) is 14.4. The van der Waals surface area contributed by atoms with Crippen LogP contribution in [0.3, 0.4) is 0 Å². The van der Waals surface area contributed by atoms with E-state index in [1.807, 2.05) is 18.7 Å². The maximum absolute atomic E-state index is 12.8. The number of rotatable bonds is 6. The first kappa shape index (κ1) is 20.9. The third kappa shape index (κ3) is 5.08. The van der Waals surface area contributed by atoms with Crippen molar-refractivity contribution in [1.82, 2.24) is 14.1 Å². The molecule has 2 heterocycles. The van der Waals surface area contributed by atoms with Crippen LogP contribution in [0.25, 0.3) is 0 Å². The van der Waals surface area contributed by atoms with Crippen LogP contribution in [0.1, 0.15) is 20.3 Å². The molecule has 1 aromatic heterocycles. The summed E-state index contributed by atoms with van der Waals surface area (Å²) in [4.78, 5) is 16.1. The second-order valence-electron chi connectivity index (χ2n) is 5.79. The molecule has 0 spiro atoms.